The van der Waals surface area contributed by atoms with E-state index in [2.05, 4.69) is 28.4 Å². The van der Waals surface area contributed by atoms with Crippen LogP contribution in [0.25, 0.3) is 0 Å². The zero-order chi connectivity index (χ0) is 17.6. The van der Waals surface area contributed by atoms with Gasteiger partial charge in [0, 0.05) is 5.75 Å². The van der Waals surface area contributed by atoms with Crippen molar-refractivity contribution in [2.24, 2.45) is 4.99 Å². The standard InChI is InChI=1S/C18H18N2OS.C2H6/c1-2-11-19-17(21)13-15-7-9-16(10-8-15)14-22-18-6-4-3-5-12-20-18;1-2/h1,3-10H,11-14H2,(H,19,21);1-2H3. The van der Waals surface area contributed by atoms with Gasteiger partial charge in [0.05, 0.1) is 24.6 Å². The van der Waals surface area contributed by atoms with E-state index in [9.17, 15) is 4.79 Å². The zero-order valence-electron chi connectivity index (χ0n) is 14.3. The van der Waals surface area contributed by atoms with Gasteiger partial charge in [0.2, 0.25) is 5.91 Å². The first-order valence-corrected chi connectivity index (χ1v) is 9.05. The van der Waals surface area contributed by atoms with Gasteiger partial charge in [-0.3, -0.25) is 9.79 Å². The molecule has 0 fully saturated rings. The second-order valence-corrected chi connectivity index (χ2v) is 5.72. The topological polar surface area (TPSA) is 41.5 Å². The molecule has 126 valence electrons. The van der Waals surface area contributed by atoms with E-state index in [1.54, 1.807) is 11.8 Å². The maximum Gasteiger partial charge on any atom is 0.225 e. The van der Waals surface area contributed by atoms with Crippen molar-refractivity contribution in [1.29, 1.82) is 0 Å². The molecule has 0 unspecified atom stereocenters. The first-order chi connectivity index (χ1) is 11.8. The highest BCUT2D eigenvalue weighted by Gasteiger charge is 2.03. The third kappa shape index (κ3) is 7.85. The number of hydrogen-bond acceptors (Lipinski definition) is 3. The van der Waals surface area contributed by atoms with Gasteiger partial charge < -0.3 is 5.32 Å². The van der Waals surface area contributed by atoms with Crippen LogP contribution in [0.15, 0.2) is 53.6 Å². The number of hydrogen-bond donors (Lipinski definition) is 1. The summed E-state index contributed by atoms with van der Waals surface area (Å²) in [6.07, 6.45) is 13.5. The van der Waals surface area contributed by atoms with Gasteiger partial charge in [0.15, 0.2) is 0 Å². The maximum atomic E-state index is 11.6. The van der Waals surface area contributed by atoms with Crippen molar-refractivity contribution >= 4 is 22.7 Å². The normalized spacial score (nSPS) is 12.3. The van der Waals surface area contributed by atoms with Gasteiger partial charge in [-0.1, -0.05) is 62.3 Å². The average Bonchev–Trinajstić information content (AvgIpc) is 2.90. The molecular formula is C20H24N2OS. The minimum atomic E-state index is -0.0504. The van der Waals surface area contributed by atoms with Gasteiger partial charge in [-0.25, -0.2) is 0 Å². The number of aliphatic imine (C=N–C) groups is 1. The Morgan fingerprint density at radius 2 is 1.96 bits per heavy atom. The van der Waals surface area contributed by atoms with Crippen LogP contribution < -0.4 is 5.32 Å². The number of rotatable bonds is 5. The fraction of sp³-hybridized carbons (Fsp3) is 0.300. The van der Waals surface area contributed by atoms with Crippen molar-refractivity contribution in [2.45, 2.75) is 26.0 Å². The summed E-state index contributed by atoms with van der Waals surface area (Å²) in [6.45, 7) is 5.01. The van der Waals surface area contributed by atoms with Crippen LogP contribution >= 0.6 is 11.8 Å². The zero-order valence-corrected chi connectivity index (χ0v) is 15.1. The quantitative estimate of drug-likeness (QED) is 0.829. The maximum absolute atomic E-state index is 11.6. The van der Waals surface area contributed by atoms with E-state index in [0.29, 0.717) is 6.42 Å². The summed E-state index contributed by atoms with van der Waals surface area (Å²) in [5.41, 5.74) is 2.20. The summed E-state index contributed by atoms with van der Waals surface area (Å²) in [5.74, 6) is 3.21. The Hall–Kier alpha value is -2.25. The number of amides is 1. The molecule has 0 saturated heterocycles. The summed E-state index contributed by atoms with van der Waals surface area (Å²) in [6, 6.07) is 8.07. The number of terminal acetylenes is 1. The Kier molecular flexibility index (Phi) is 10.1. The third-order valence-corrected chi connectivity index (χ3v) is 4.04. The molecule has 0 saturated carbocycles. The molecule has 1 aromatic rings. The Labute approximate surface area is 149 Å². The number of carbonyl (C=O) groups excluding carboxylic acids is 1. The van der Waals surface area contributed by atoms with Crippen LogP contribution in [0.2, 0.25) is 0 Å². The molecule has 1 aliphatic heterocycles. The van der Waals surface area contributed by atoms with Gasteiger partial charge in [-0.05, 0) is 17.2 Å². The van der Waals surface area contributed by atoms with E-state index in [-0.39, 0.29) is 12.5 Å². The second-order valence-electron chi connectivity index (χ2n) is 4.73. The first-order valence-electron chi connectivity index (χ1n) is 8.06. The lowest BCUT2D eigenvalue weighted by Gasteiger charge is -2.05. The third-order valence-electron chi connectivity index (χ3n) is 3.00. The molecule has 1 aromatic carbocycles. The number of nitrogens with zero attached hydrogens (tertiary/aromatic N) is 1. The lowest BCUT2D eigenvalue weighted by atomic mass is 10.1. The Bertz CT molecular complexity index is 637. The minimum Gasteiger partial charge on any atom is -0.345 e. The summed E-state index contributed by atoms with van der Waals surface area (Å²) < 4.78 is 0. The molecule has 4 heteroatoms. The van der Waals surface area contributed by atoms with Crippen molar-refractivity contribution in [3.8, 4) is 12.3 Å². The lowest BCUT2D eigenvalue weighted by Crippen LogP contribution is -2.25. The number of benzene rings is 1. The first kappa shape index (κ1) is 19.8. The molecular weight excluding hydrogens is 316 g/mol. The van der Waals surface area contributed by atoms with E-state index in [0.717, 1.165) is 22.9 Å². The van der Waals surface area contributed by atoms with E-state index in [4.69, 9.17) is 6.42 Å². The summed E-state index contributed by atoms with van der Waals surface area (Å²) in [4.78, 5) is 16.0. The lowest BCUT2D eigenvalue weighted by molar-refractivity contribution is -0.120. The van der Waals surface area contributed by atoms with Crippen molar-refractivity contribution in [3.63, 3.8) is 0 Å². The van der Waals surface area contributed by atoms with Gasteiger partial charge in [0.25, 0.3) is 0 Å². The van der Waals surface area contributed by atoms with Crippen molar-refractivity contribution in [2.75, 3.05) is 13.1 Å². The molecule has 1 aliphatic rings. The summed E-state index contributed by atoms with van der Waals surface area (Å²) in [7, 11) is 0. The van der Waals surface area contributed by atoms with Crippen LogP contribution in [0.5, 0.6) is 0 Å². The predicted octanol–water partition coefficient (Wildman–Crippen LogP) is 3.76. The highest BCUT2D eigenvalue weighted by Crippen LogP contribution is 2.16. The molecule has 0 radical (unpaired) electrons. The average molecular weight is 340 g/mol. The number of nitrogens with one attached hydrogen (secondary N) is 1. The predicted molar refractivity (Wildman–Crippen MR) is 105 cm³/mol. The minimum absolute atomic E-state index is 0.0504. The highest BCUT2D eigenvalue weighted by atomic mass is 32.2. The van der Waals surface area contributed by atoms with Crippen LogP contribution in [0.1, 0.15) is 25.0 Å². The van der Waals surface area contributed by atoms with E-state index < -0.39 is 0 Å². The Morgan fingerprint density at radius 3 is 2.67 bits per heavy atom. The van der Waals surface area contributed by atoms with Gasteiger partial charge in [0.1, 0.15) is 0 Å². The largest absolute Gasteiger partial charge is 0.345 e. The van der Waals surface area contributed by atoms with Crippen molar-refractivity contribution in [3.05, 3.63) is 59.7 Å². The number of allylic oxidation sites excluding steroid dienone is 2. The van der Waals surface area contributed by atoms with Crippen LogP contribution in [0.4, 0.5) is 0 Å². The number of thioether (sulfide) groups is 1. The SMILES string of the molecule is C#CCNC(=O)Cc1ccc(CSC2=NCC=CC=C2)cc1.CC. The fourth-order valence-corrected chi connectivity index (χ4v) is 2.72. The Morgan fingerprint density at radius 1 is 1.25 bits per heavy atom. The van der Waals surface area contributed by atoms with Crippen LogP contribution in [-0.2, 0) is 17.0 Å². The van der Waals surface area contributed by atoms with Crippen LogP contribution in [0, 0.1) is 12.3 Å². The Balaban J connectivity index is 0.00000139. The molecule has 1 N–H and O–H groups in total. The molecule has 1 amide bonds. The van der Waals surface area contributed by atoms with E-state index in [1.165, 1.54) is 5.56 Å². The summed E-state index contributed by atoms with van der Waals surface area (Å²) in [5, 5.41) is 3.71. The molecule has 0 aliphatic carbocycles. The van der Waals surface area contributed by atoms with E-state index in [1.807, 2.05) is 50.3 Å². The molecule has 3 nitrogen and oxygen atoms in total. The molecule has 0 atom stereocenters. The fourth-order valence-electron chi connectivity index (χ4n) is 1.87. The molecule has 0 bridgehead atoms. The van der Waals surface area contributed by atoms with Gasteiger partial charge >= 0.3 is 0 Å². The van der Waals surface area contributed by atoms with Crippen molar-refractivity contribution < 1.29 is 4.79 Å². The van der Waals surface area contributed by atoms with Gasteiger partial charge in [-0.2, -0.15) is 0 Å². The monoisotopic (exact) mass is 340 g/mol. The molecule has 2 rings (SSSR count). The molecule has 24 heavy (non-hydrogen) atoms. The molecule has 0 spiro atoms. The van der Waals surface area contributed by atoms with E-state index >= 15 is 0 Å². The second kappa shape index (κ2) is 12.2. The summed E-state index contributed by atoms with van der Waals surface area (Å²) >= 11 is 1.72. The van der Waals surface area contributed by atoms with Crippen LogP contribution in [0.3, 0.4) is 0 Å². The van der Waals surface area contributed by atoms with Gasteiger partial charge in [-0.15, -0.1) is 18.2 Å². The van der Waals surface area contributed by atoms with Crippen LogP contribution in [-0.4, -0.2) is 24.0 Å². The molecule has 1 heterocycles. The highest BCUT2D eigenvalue weighted by molar-refractivity contribution is 8.13. The molecule has 0 aromatic heterocycles. The van der Waals surface area contributed by atoms with Crippen molar-refractivity contribution in [1.82, 2.24) is 5.32 Å². The number of carbonyl (C=O) groups is 1. The smallest absolute Gasteiger partial charge is 0.225 e.